The standard InChI is InChI=1S/C17H23N5O3/c1-5-13-15(10(2)20-25-13)16(24)22-7-6-11(9-22)12-8-14(23)19-17(18-12)21(3)4/h8,11H,5-7,9H2,1-4H3,(H,18,19,23)/t11-/m0/s1. The number of H-pyrrole nitrogens is 1. The van der Waals surface area contributed by atoms with Crippen LogP contribution in [0.2, 0.25) is 0 Å². The van der Waals surface area contributed by atoms with Gasteiger partial charge in [-0.05, 0) is 13.3 Å². The number of rotatable bonds is 4. The number of hydrogen-bond acceptors (Lipinski definition) is 6. The van der Waals surface area contributed by atoms with E-state index in [2.05, 4.69) is 15.1 Å². The molecule has 0 radical (unpaired) electrons. The number of carbonyl (C=O) groups excluding carboxylic acids is 1. The molecule has 1 atom stereocenters. The summed E-state index contributed by atoms with van der Waals surface area (Å²) in [7, 11) is 3.65. The Morgan fingerprint density at radius 2 is 2.24 bits per heavy atom. The SMILES string of the molecule is CCc1onc(C)c1C(=O)N1CC[C@H](c2cc(=O)[nH]c(N(C)C)n2)C1. The van der Waals surface area contributed by atoms with Gasteiger partial charge in [0.25, 0.3) is 11.5 Å². The van der Waals surface area contributed by atoms with Gasteiger partial charge in [0, 0.05) is 45.6 Å². The number of aromatic amines is 1. The highest BCUT2D eigenvalue weighted by Crippen LogP contribution is 2.28. The highest BCUT2D eigenvalue weighted by Gasteiger charge is 2.32. The summed E-state index contributed by atoms with van der Waals surface area (Å²) >= 11 is 0. The molecule has 8 heteroatoms. The monoisotopic (exact) mass is 345 g/mol. The van der Waals surface area contributed by atoms with Crippen LogP contribution in [0.1, 0.15) is 46.8 Å². The van der Waals surface area contributed by atoms with Gasteiger partial charge in [0.15, 0.2) is 0 Å². The summed E-state index contributed by atoms with van der Waals surface area (Å²) < 4.78 is 5.23. The molecular formula is C17H23N5O3. The molecule has 0 bridgehead atoms. The van der Waals surface area contributed by atoms with E-state index in [1.54, 1.807) is 16.7 Å². The molecule has 1 aliphatic heterocycles. The average Bonchev–Trinajstić information content (AvgIpc) is 3.20. The van der Waals surface area contributed by atoms with Crippen molar-refractivity contribution in [3.63, 3.8) is 0 Å². The predicted molar refractivity (Wildman–Crippen MR) is 93.1 cm³/mol. The average molecular weight is 345 g/mol. The summed E-state index contributed by atoms with van der Waals surface area (Å²) in [5.41, 5.74) is 1.73. The van der Waals surface area contributed by atoms with Gasteiger partial charge in [-0.2, -0.15) is 0 Å². The van der Waals surface area contributed by atoms with Crippen LogP contribution >= 0.6 is 0 Å². The van der Waals surface area contributed by atoms with E-state index in [1.165, 1.54) is 6.07 Å². The topological polar surface area (TPSA) is 95.3 Å². The Balaban J connectivity index is 1.81. The zero-order chi connectivity index (χ0) is 18.1. The fraction of sp³-hybridized carbons (Fsp3) is 0.529. The lowest BCUT2D eigenvalue weighted by Gasteiger charge is -2.17. The largest absolute Gasteiger partial charge is 0.360 e. The van der Waals surface area contributed by atoms with Gasteiger partial charge >= 0.3 is 0 Å². The first-order valence-electron chi connectivity index (χ1n) is 8.43. The van der Waals surface area contributed by atoms with E-state index in [0.29, 0.717) is 42.5 Å². The third-order valence-electron chi connectivity index (χ3n) is 4.53. The number of aryl methyl sites for hydroxylation is 2. The number of hydrogen-bond donors (Lipinski definition) is 1. The smallest absolute Gasteiger partial charge is 0.259 e. The maximum Gasteiger partial charge on any atom is 0.259 e. The number of aromatic nitrogens is 3. The van der Waals surface area contributed by atoms with E-state index in [4.69, 9.17) is 4.52 Å². The molecule has 1 N–H and O–H groups in total. The van der Waals surface area contributed by atoms with Crippen LogP contribution in [0.4, 0.5) is 5.95 Å². The molecule has 0 aliphatic carbocycles. The van der Waals surface area contributed by atoms with E-state index in [-0.39, 0.29) is 17.4 Å². The van der Waals surface area contributed by atoms with E-state index in [0.717, 1.165) is 12.1 Å². The summed E-state index contributed by atoms with van der Waals surface area (Å²) in [6.45, 7) is 4.89. The minimum Gasteiger partial charge on any atom is -0.360 e. The zero-order valence-corrected chi connectivity index (χ0v) is 15.0. The molecule has 0 unspecified atom stereocenters. The van der Waals surface area contributed by atoms with Crippen molar-refractivity contribution in [1.82, 2.24) is 20.0 Å². The molecule has 0 spiro atoms. The van der Waals surface area contributed by atoms with E-state index >= 15 is 0 Å². The van der Waals surface area contributed by atoms with Crippen molar-refractivity contribution in [2.24, 2.45) is 0 Å². The first kappa shape index (κ1) is 17.2. The lowest BCUT2D eigenvalue weighted by Crippen LogP contribution is -2.29. The number of nitrogens with one attached hydrogen (secondary N) is 1. The van der Waals surface area contributed by atoms with Crippen LogP contribution in [0.5, 0.6) is 0 Å². The molecule has 1 fully saturated rings. The molecule has 0 saturated carbocycles. The summed E-state index contributed by atoms with van der Waals surface area (Å²) in [5.74, 6) is 1.14. The summed E-state index contributed by atoms with van der Waals surface area (Å²) in [4.78, 5) is 35.5. The lowest BCUT2D eigenvalue weighted by atomic mass is 10.0. The third kappa shape index (κ3) is 3.29. The zero-order valence-electron chi connectivity index (χ0n) is 15.0. The summed E-state index contributed by atoms with van der Waals surface area (Å²) in [6, 6.07) is 1.52. The van der Waals surface area contributed by atoms with Crippen molar-refractivity contribution in [3.05, 3.63) is 39.1 Å². The number of carbonyl (C=O) groups is 1. The molecular weight excluding hydrogens is 322 g/mol. The molecule has 8 nitrogen and oxygen atoms in total. The molecule has 2 aromatic heterocycles. The highest BCUT2D eigenvalue weighted by atomic mass is 16.5. The van der Waals surface area contributed by atoms with Crippen LogP contribution in [-0.4, -0.2) is 53.1 Å². The van der Waals surface area contributed by atoms with Gasteiger partial charge in [0.2, 0.25) is 5.95 Å². The number of likely N-dealkylation sites (tertiary alicyclic amines) is 1. The van der Waals surface area contributed by atoms with Crippen molar-refractivity contribution in [2.75, 3.05) is 32.1 Å². The second-order valence-corrected chi connectivity index (χ2v) is 6.54. The van der Waals surface area contributed by atoms with Crippen molar-refractivity contribution >= 4 is 11.9 Å². The second kappa shape index (κ2) is 6.70. The summed E-state index contributed by atoms with van der Waals surface area (Å²) in [5, 5.41) is 3.91. The Morgan fingerprint density at radius 3 is 2.92 bits per heavy atom. The first-order valence-corrected chi connectivity index (χ1v) is 8.43. The van der Waals surface area contributed by atoms with Crippen LogP contribution in [0, 0.1) is 6.92 Å². The van der Waals surface area contributed by atoms with Crippen molar-refractivity contribution in [3.8, 4) is 0 Å². The molecule has 1 saturated heterocycles. The van der Waals surface area contributed by atoms with Gasteiger partial charge in [-0.15, -0.1) is 0 Å². The summed E-state index contributed by atoms with van der Waals surface area (Å²) in [6.07, 6.45) is 1.40. The van der Waals surface area contributed by atoms with Gasteiger partial charge in [0.05, 0.1) is 11.4 Å². The molecule has 3 heterocycles. The molecule has 2 aromatic rings. The lowest BCUT2D eigenvalue weighted by molar-refractivity contribution is 0.0788. The van der Waals surface area contributed by atoms with Crippen LogP contribution in [-0.2, 0) is 6.42 Å². The van der Waals surface area contributed by atoms with Gasteiger partial charge < -0.3 is 14.3 Å². The van der Waals surface area contributed by atoms with Crippen LogP contribution < -0.4 is 10.5 Å². The fourth-order valence-electron chi connectivity index (χ4n) is 3.16. The van der Waals surface area contributed by atoms with E-state index < -0.39 is 0 Å². The van der Waals surface area contributed by atoms with Crippen molar-refractivity contribution in [1.29, 1.82) is 0 Å². The number of anilines is 1. The molecule has 3 rings (SSSR count). The van der Waals surface area contributed by atoms with Crippen LogP contribution in [0.3, 0.4) is 0 Å². The van der Waals surface area contributed by atoms with Gasteiger partial charge in [-0.3, -0.25) is 14.6 Å². The van der Waals surface area contributed by atoms with Crippen LogP contribution in [0.15, 0.2) is 15.4 Å². The van der Waals surface area contributed by atoms with Gasteiger partial charge in [-0.1, -0.05) is 12.1 Å². The minimum absolute atomic E-state index is 0.0511. The fourth-order valence-corrected chi connectivity index (χ4v) is 3.16. The molecule has 1 aliphatic rings. The molecule has 0 aromatic carbocycles. The van der Waals surface area contributed by atoms with Crippen LogP contribution in [0.25, 0.3) is 0 Å². The quantitative estimate of drug-likeness (QED) is 0.898. The van der Waals surface area contributed by atoms with Crippen molar-refractivity contribution < 1.29 is 9.32 Å². The van der Waals surface area contributed by atoms with E-state index in [9.17, 15) is 9.59 Å². The molecule has 1 amide bonds. The van der Waals surface area contributed by atoms with Gasteiger partial charge in [-0.25, -0.2) is 4.98 Å². The van der Waals surface area contributed by atoms with E-state index in [1.807, 2.05) is 21.0 Å². The minimum atomic E-state index is -0.179. The molecule has 134 valence electrons. The number of amides is 1. The molecule has 25 heavy (non-hydrogen) atoms. The maximum absolute atomic E-state index is 12.9. The highest BCUT2D eigenvalue weighted by molar-refractivity contribution is 5.96. The maximum atomic E-state index is 12.9. The number of nitrogens with zero attached hydrogens (tertiary/aromatic N) is 4. The normalized spacial score (nSPS) is 17.1. The Kier molecular flexibility index (Phi) is 4.61. The Labute approximate surface area is 145 Å². The van der Waals surface area contributed by atoms with Crippen molar-refractivity contribution in [2.45, 2.75) is 32.6 Å². The Morgan fingerprint density at radius 1 is 1.48 bits per heavy atom. The Hall–Kier alpha value is -2.64. The van der Waals surface area contributed by atoms with Gasteiger partial charge in [0.1, 0.15) is 11.3 Å². The predicted octanol–water partition coefficient (Wildman–Crippen LogP) is 1.32. The first-order chi connectivity index (χ1) is 11.9. The third-order valence-corrected chi connectivity index (χ3v) is 4.53. The second-order valence-electron chi connectivity index (χ2n) is 6.54. The Bertz CT molecular complexity index is 839.